The molecule has 1 aliphatic rings. The molecule has 0 aromatic carbocycles. The van der Waals surface area contributed by atoms with Gasteiger partial charge < -0.3 is 15.5 Å². The van der Waals surface area contributed by atoms with Crippen LogP contribution in [0.4, 0.5) is 0 Å². The van der Waals surface area contributed by atoms with Gasteiger partial charge in [-0.3, -0.25) is 0 Å². The molecule has 124 valence electrons. The van der Waals surface area contributed by atoms with E-state index in [2.05, 4.69) is 46.4 Å². The summed E-state index contributed by atoms with van der Waals surface area (Å²) in [6, 6.07) is 0.777. The van der Waals surface area contributed by atoms with Gasteiger partial charge in [-0.15, -0.1) is 11.3 Å². The van der Waals surface area contributed by atoms with Gasteiger partial charge >= 0.3 is 0 Å². The van der Waals surface area contributed by atoms with E-state index in [9.17, 15) is 0 Å². The fraction of sp³-hybridized carbons (Fsp3) is 0.750. The Bertz CT molecular complexity index is 465. The third kappa shape index (κ3) is 5.57. The number of aryl methyl sites for hydroxylation is 1. The second-order valence-corrected chi connectivity index (χ2v) is 7.22. The van der Waals surface area contributed by atoms with Crippen LogP contribution in [0.5, 0.6) is 0 Å². The van der Waals surface area contributed by atoms with Crippen LogP contribution in [-0.4, -0.2) is 48.6 Å². The van der Waals surface area contributed by atoms with E-state index in [1.54, 1.807) is 11.3 Å². The number of nitrogens with one attached hydrogen (secondary N) is 2. The molecule has 0 atom stereocenters. The van der Waals surface area contributed by atoms with Crippen LogP contribution in [0, 0.1) is 6.92 Å². The number of nitrogens with zero attached hydrogens (tertiary/aromatic N) is 3. The maximum atomic E-state index is 4.62. The van der Waals surface area contributed by atoms with Crippen molar-refractivity contribution in [3.05, 3.63) is 16.1 Å². The molecule has 0 spiro atoms. The van der Waals surface area contributed by atoms with Crippen LogP contribution in [0.25, 0.3) is 0 Å². The Morgan fingerprint density at radius 3 is 2.82 bits per heavy atom. The zero-order valence-corrected chi connectivity index (χ0v) is 14.9. The number of likely N-dealkylation sites (N-methyl/N-ethyl adjacent to an activating group) is 1. The number of hydrogen-bond donors (Lipinski definition) is 2. The zero-order chi connectivity index (χ0) is 15.8. The third-order valence-corrected chi connectivity index (χ3v) is 4.99. The minimum atomic E-state index is 0.645. The fourth-order valence-electron chi connectivity index (χ4n) is 2.84. The molecular weight excluding hydrogens is 294 g/mol. The Labute approximate surface area is 138 Å². The average molecular weight is 324 g/mol. The first-order valence-electron chi connectivity index (χ1n) is 8.32. The highest BCUT2D eigenvalue weighted by Gasteiger charge is 2.18. The largest absolute Gasteiger partial charge is 0.357 e. The maximum absolute atomic E-state index is 4.62. The van der Waals surface area contributed by atoms with E-state index in [1.807, 2.05) is 6.20 Å². The van der Waals surface area contributed by atoms with Crippen molar-refractivity contribution in [2.75, 3.05) is 26.7 Å². The molecule has 5 nitrogen and oxygen atoms in total. The Morgan fingerprint density at radius 2 is 2.18 bits per heavy atom. The lowest BCUT2D eigenvalue weighted by Crippen LogP contribution is -2.42. The Morgan fingerprint density at radius 1 is 1.41 bits per heavy atom. The predicted molar refractivity (Wildman–Crippen MR) is 94.6 cm³/mol. The first kappa shape index (κ1) is 17.2. The highest BCUT2D eigenvalue weighted by atomic mass is 32.1. The van der Waals surface area contributed by atoms with Crippen molar-refractivity contribution < 1.29 is 0 Å². The molecule has 0 radical (unpaired) electrons. The lowest BCUT2D eigenvalue weighted by atomic mass is 10.2. The SMILES string of the molecule is CCNC(=NCc1ncc(C)s1)NCCN(C)C1CCCC1. The highest BCUT2D eigenvalue weighted by molar-refractivity contribution is 7.11. The molecule has 1 aromatic heterocycles. The summed E-state index contributed by atoms with van der Waals surface area (Å²) >= 11 is 1.71. The van der Waals surface area contributed by atoms with E-state index < -0.39 is 0 Å². The fourth-order valence-corrected chi connectivity index (χ4v) is 3.55. The van der Waals surface area contributed by atoms with Crippen LogP contribution in [0.1, 0.15) is 42.5 Å². The summed E-state index contributed by atoms with van der Waals surface area (Å²) in [6.07, 6.45) is 7.40. The van der Waals surface area contributed by atoms with Gasteiger partial charge in [0.05, 0.1) is 6.54 Å². The molecular formula is C16H29N5S. The van der Waals surface area contributed by atoms with Crippen LogP contribution in [-0.2, 0) is 6.54 Å². The summed E-state index contributed by atoms with van der Waals surface area (Å²) in [4.78, 5) is 12.7. The van der Waals surface area contributed by atoms with Crippen molar-refractivity contribution in [3.8, 4) is 0 Å². The summed E-state index contributed by atoms with van der Waals surface area (Å²) < 4.78 is 0. The van der Waals surface area contributed by atoms with Gasteiger partial charge in [0.15, 0.2) is 5.96 Å². The van der Waals surface area contributed by atoms with Gasteiger partial charge in [0.1, 0.15) is 5.01 Å². The van der Waals surface area contributed by atoms with Crippen molar-refractivity contribution in [3.63, 3.8) is 0 Å². The first-order valence-corrected chi connectivity index (χ1v) is 9.14. The number of aliphatic imine (C=N–C) groups is 1. The lowest BCUT2D eigenvalue weighted by molar-refractivity contribution is 0.249. The summed E-state index contributed by atoms with van der Waals surface area (Å²) in [5.41, 5.74) is 0. The van der Waals surface area contributed by atoms with Crippen LogP contribution < -0.4 is 10.6 Å². The normalized spacial score (nSPS) is 16.5. The molecule has 0 unspecified atom stereocenters. The quantitative estimate of drug-likeness (QED) is 0.597. The molecule has 2 rings (SSSR count). The second-order valence-electron chi connectivity index (χ2n) is 5.91. The topological polar surface area (TPSA) is 52.6 Å². The van der Waals surface area contributed by atoms with Gasteiger partial charge in [-0.05, 0) is 33.7 Å². The van der Waals surface area contributed by atoms with Crippen molar-refractivity contribution in [1.82, 2.24) is 20.5 Å². The smallest absolute Gasteiger partial charge is 0.191 e. The minimum absolute atomic E-state index is 0.645. The molecule has 0 saturated heterocycles. The molecule has 6 heteroatoms. The Kier molecular flexibility index (Phi) is 7.12. The molecule has 2 N–H and O–H groups in total. The number of aromatic nitrogens is 1. The second kappa shape index (κ2) is 9.10. The van der Waals surface area contributed by atoms with Gasteiger partial charge in [0, 0.05) is 36.8 Å². The molecule has 0 bridgehead atoms. The molecule has 22 heavy (non-hydrogen) atoms. The maximum Gasteiger partial charge on any atom is 0.191 e. The van der Waals surface area contributed by atoms with Gasteiger partial charge in [-0.25, -0.2) is 9.98 Å². The van der Waals surface area contributed by atoms with Crippen molar-refractivity contribution in [1.29, 1.82) is 0 Å². The molecule has 1 aliphatic carbocycles. The predicted octanol–water partition coefficient (Wildman–Crippen LogP) is 2.38. The molecule has 0 amide bonds. The van der Waals surface area contributed by atoms with Crippen LogP contribution in [0.15, 0.2) is 11.2 Å². The van der Waals surface area contributed by atoms with Crippen molar-refractivity contribution in [2.24, 2.45) is 4.99 Å². The van der Waals surface area contributed by atoms with Crippen molar-refractivity contribution in [2.45, 2.75) is 52.1 Å². The van der Waals surface area contributed by atoms with Gasteiger partial charge in [0.25, 0.3) is 0 Å². The summed E-state index contributed by atoms with van der Waals surface area (Å²) in [6.45, 7) is 7.68. The van der Waals surface area contributed by atoms with Gasteiger partial charge in [-0.1, -0.05) is 12.8 Å². The Hall–Kier alpha value is -1.14. The minimum Gasteiger partial charge on any atom is -0.357 e. The van der Waals surface area contributed by atoms with Crippen molar-refractivity contribution >= 4 is 17.3 Å². The van der Waals surface area contributed by atoms with E-state index in [0.717, 1.165) is 36.6 Å². The monoisotopic (exact) mass is 323 g/mol. The molecule has 1 fully saturated rings. The lowest BCUT2D eigenvalue weighted by Gasteiger charge is -2.24. The number of rotatable bonds is 7. The molecule has 1 saturated carbocycles. The summed E-state index contributed by atoms with van der Waals surface area (Å²) in [5.74, 6) is 0.884. The van der Waals surface area contributed by atoms with E-state index >= 15 is 0 Å². The van der Waals surface area contributed by atoms with Crippen LogP contribution in [0.2, 0.25) is 0 Å². The molecule has 1 heterocycles. The van der Waals surface area contributed by atoms with Gasteiger partial charge in [0.2, 0.25) is 0 Å². The third-order valence-electron chi connectivity index (χ3n) is 4.09. The number of hydrogen-bond acceptors (Lipinski definition) is 4. The highest BCUT2D eigenvalue weighted by Crippen LogP contribution is 2.21. The van der Waals surface area contributed by atoms with Crippen LogP contribution in [0.3, 0.4) is 0 Å². The summed E-state index contributed by atoms with van der Waals surface area (Å²) in [5, 5.41) is 7.79. The zero-order valence-electron chi connectivity index (χ0n) is 14.1. The van der Waals surface area contributed by atoms with E-state index in [0.29, 0.717) is 6.54 Å². The standard InChI is InChI=1S/C16H29N5S/c1-4-17-16(20-12-15-19-11-13(2)22-15)18-9-10-21(3)14-7-5-6-8-14/h11,14H,4-10,12H2,1-3H3,(H2,17,18,20). The summed E-state index contributed by atoms with van der Waals surface area (Å²) in [7, 11) is 2.24. The number of guanidine groups is 1. The number of thiazole rings is 1. The van der Waals surface area contributed by atoms with Crippen LogP contribution >= 0.6 is 11.3 Å². The van der Waals surface area contributed by atoms with E-state index in [4.69, 9.17) is 0 Å². The molecule has 1 aromatic rings. The molecule has 0 aliphatic heterocycles. The first-order chi connectivity index (χ1) is 10.7. The average Bonchev–Trinajstić information content (AvgIpc) is 3.16. The van der Waals surface area contributed by atoms with E-state index in [-0.39, 0.29) is 0 Å². The Balaban J connectivity index is 1.75. The van der Waals surface area contributed by atoms with Gasteiger partial charge in [-0.2, -0.15) is 0 Å². The van der Waals surface area contributed by atoms with E-state index in [1.165, 1.54) is 30.6 Å².